The predicted octanol–water partition coefficient (Wildman–Crippen LogP) is 2.87. The Morgan fingerprint density at radius 3 is 2.95 bits per heavy atom. The first-order chi connectivity index (χ1) is 9.85. The van der Waals surface area contributed by atoms with Crippen molar-refractivity contribution in [3.05, 3.63) is 29.3 Å². The summed E-state index contributed by atoms with van der Waals surface area (Å²) in [5.41, 5.74) is 4.28. The summed E-state index contributed by atoms with van der Waals surface area (Å²) >= 11 is 0. The molecule has 2 N–H and O–H groups in total. The van der Waals surface area contributed by atoms with E-state index >= 15 is 0 Å². The van der Waals surface area contributed by atoms with Gasteiger partial charge >= 0.3 is 0 Å². The van der Waals surface area contributed by atoms with Gasteiger partial charge in [-0.05, 0) is 43.5 Å². The van der Waals surface area contributed by atoms with Gasteiger partial charge in [0, 0.05) is 31.9 Å². The molecule has 3 nitrogen and oxygen atoms in total. The fourth-order valence-corrected chi connectivity index (χ4v) is 2.93. The number of hydrogen-bond acceptors (Lipinski definition) is 3. The maximum atomic E-state index is 3.59. The third kappa shape index (κ3) is 4.22. The van der Waals surface area contributed by atoms with Crippen molar-refractivity contribution in [2.24, 2.45) is 0 Å². The molecule has 1 aliphatic rings. The average Bonchev–Trinajstić information content (AvgIpc) is 2.50. The molecule has 1 heterocycles. The van der Waals surface area contributed by atoms with E-state index in [1.165, 1.54) is 42.6 Å². The Bertz CT molecular complexity index is 403. The standard InChI is InChI=1S/C17H29N3/c1-3-12-20(4-2)13-11-18-14-16-8-5-7-15-9-6-10-19-17(15)16/h5,7-8,18-19H,3-4,6,9-14H2,1-2H3. The second-order valence-electron chi connectivity index (χ2n) is 5.59. The molecule has 0 saturated carbocycles. The van der Waals surface area contributed by atoms with Crippen molar-refractivity contribution in [1.82, 2.24) is 10.2 Å². The lowest BCUT2D eigenvalue weighted by Crippen LogP contribution is -2.32. The van der Waals surface area contributed by atoms with Crippen molar-refractivity contribution in [3.8, 4) is 0 Å². The van der Waals surface area contributed by atoms with E-state index in [0.717, 1.165) is 32.7 Å². The van der Waals surface area contributed by atoms with Gasteiger partial charge in [-0.1, -0.05) is 32.0 Å². The van der Waals surface area contributed by atoms with Gasteiger partial charge in [0.05, 0.1) is 0 Å². The maximum Gasteiger partial charge on any atom is 0.0418 e. The van der Waals surface area contributed by atoms with Crippen molar-refractivity contribution in [2.45, 2.75) is 39.7 Å². The highest BCUT2D eigenvalue weighted by atomic mass is 15.1. The number of rotatable bonds is 8. The largest absolute Gasteiger partial charge is 0.385 e. The summed E-state index contributed by atoms with van der Waals surface area (Å²) in [5, 5.41) is 7.16. The molecule has 1 aromatic carbocycles. The van der Waals surface area contributed by atoms with E-state index in [-0.39, 0.29) is 0 Å². The molecular formula is C17H29N3. The second kappa shape index (κ2) is 8.28. The summed E-state index contributed by atoms with van der Waals surface area (Å²) in [5.74, 6) is 0. The number of anilines is 1. The van der Waals surface area contributed by atoms with Crippen molar-refractivity contribution in [1.29, 1.82) is 0 Å². The highest BCUT2D eigenvalue weighted by Crippen LogP contribution is 2.25. The summed E-state index contributed by atoms with van der Waals surface area (Å²) in [6.45, 7) is 11.2. The van der Waals surface area contributed by atoms with Crippen LogP contribution in [0.2, 0.25) is 0 Å². The molecule has 0 saturated heterocycles. The first-order valence-electron chi connectivity index (χ1n) is 8.12. The van der Waals surface area contributed by atoms with Crippen LogP contribution in [-0.4, -0.2) is 37.6 Å². The average molecular weight is 275 g/mol. The number of fused-ring (bicyclic) bond motifs is 1. The molecule has 1 aromatic rings. The number of nitrogens with one attached hydrogen (secondary N) is 2. The van der Waals surface area contributed by atoms with Crippen LogP contribution in [0.5, 0.6) is 0 Å². The van der Waals surface area contributed by atoms with Crippen LogP contribution in [-0.2, 0) is 13.0 Å². The SMILES string of the molecule is CCCN(CC)CCNCc1cccc2c1NCCC2. The van der Waals surface area contributed by atoms with Gasteiger partial charge in [-0.3, -0.25) is 0 Å². The van der Waals surface area contributed by atoms with Gasteiger partial charge in [0.2, 0.25) is 0 Å². The van der Waals surface area contributed by atoms with E-state index in [2.05, 4.69) is 47.6 Å². The van der Waals surface area contributed by atoms with E-state index in [4.69, 9.17) is 0 Å². The fourth-order valence-electron chi connectivity index (χ4n) is 2.93. The molecule has 112 valence electrons. The molecule has 3 heteroatoms. The molecule has 0 radical (unpaired) electrons. The van der Waals surface area contributed by atoms with Crippen molar-refractivity contribution < 1.29 is 0 Å². The van der Waals surface area contributed by atoms with Gasteiger partial charge in [-0.15, -0.1) is 0 Å². The number of para-hydroxylation sites is 1. The van der Waals surface area contributed by atoms with E-state index in [0.29, 0.717) is 0 Å². The zero-order valence-corrected chi connectivity index (χ0v) is 13.0. The summed E-state index contributed by atoms with van der Waals surface area (Å²) in [6, 6.07) is 6.69. The van der Waals surface area contributed by atoms with Crippen LogP contribution in [0.1, 0.15) is 37.8 Å². The van der Waals surface area contributed by atoms with Gasteiger partial charge in [0.1, 0.15) is 0 Å². The van der Waals surface area contributed by atoms with Crippen LogP contribution in [0.3, 0.4) is 0 Å². The lowest BCUT2D eigenvalue weighted by Gasteiger charge is -2.22. The summed E-state index contributed by atoms with van der Waals surface area (Å²) in [7, 11) is 0. The molecule has 0 spiro atoms. The van der Waals surface area contributed by atoms with Gasteiger partial charge < -0.3 is 15.5 Å². The Morgan fingerprint density at radius 2 is 2.15 bits per heavy atom. The van der Waals surface area contributed by atoms with Gasteiger partial charge in [0.15, 0.2) is 0 Å². The fraction of sp³-hybridized carbons (Fsp3) is 0.647. The zero-order valence-electron chi connectivity index (χ0n) is 13.0. The van der Waals surface area contributed by atoms with Crippen LogP contribution >= 0.6 is 0 Å². The minimum Gasteiger partial charge on any atom is -0.385 e. The molecule has 0 bridgehead atoms. The number of hydrogen-bond donors (Lipinski definition) is 2. The molecule has 2 rings (SSSR count). The molecule has 0 amide bonds. The first kappa shape index (κ1) is 15.3. The Kier molecular flexibility index (Phi) is 6.34. The number of aryl methyl sites for hydroxylation is 1. The predicted molar refractivity (Wildman–Crippen MR) is 87.4 cm³/mol. The zero-order chi connectivity index (χ0) is 14.2. The second-order valence-corrected chi connectivity index (χ2v) is 5.59. The van der Waals surface area contributed by atoms with Crippen molar-refractivity contribution in [3.63, 3.8) is 0 Å². The van der Waals surface area contributed by atoms with Crippen LogP contribution in [0.4, 0.5) is 5.69 Å². The van der Waals surface area contributed by atoms with Crippen molar-refractivity contribution >= 4 is 5.69 Å². The van der Waals surface area contributed by atoms with Crippen LogP contribution in [0.15, 0.2) is 18.2 Å². The third-order valence-corrected chi connectivity index (χ3v) is 4.07. The summed E-state index contributed by atoms with van der Waals surface area (Å²) in [6.07, 6.45) is 3.71. The van der Waals surface area contributed by atoms with Gasteiger partial charge in [-0.2, -0.15) is 0 Å². The Hall–Kier alpha value is -1.06. The highest BCUT2D eigenvalue weighted by Gasteiger charge is 2.11. The van der Waals surface area contributed by atoms with E-state index in [9.17, 15) is 0 Å². The number of likely N-dealkylation sites (N-methyl/N-ethyl adjacent to an activating group) is 1. The molecule has 0 fully saturated rings. The van der Waals surface area contributed by atoms with Crippen LogP contribution in [0.25, 0.3) is 0 Å². The molecular weight excluding hydrogens is 246 g/mol. The first-order valence-corrected chi connectivity index (χ1v) is 8.12. The van der Waals surface area contributed by atoms with Gasteiger partial charge in [-0.25, -0.2) is 0 Å². The quantitative estimate of drug-likeness (QED) is 0.714. The number of benzene rings is 1. The molecule has 0 aliphatic carbocycles. The van der Waals surface area contributed by atoms with E-state index in [1.54, 1.807) is 0 Å². The molecule has 0 aromatic heterocycles. The van der Waals surface area contributed by atoms with Crippen LogP contribution < -0.4 is 10.6 Å². The highest BCUT2D eigenvalue weighted by molar-refractivity contribution is 5.59. The van der Waals surface area contributed by atoms with Crippen molar-refractivity contribution in [2.75, 3.05) is 38.0 Å². The normalized spacial score (nSPS) is 14.2. The Labute approximate surface area is 123 Å². The molecule has 0 unspecified atom stereocenters. The molecule has 20 heavy (non-hydrogen) atoms. The third-order valence-electron chi connectivity index (χ3n) is 4.07. The summed E-state index contributed by atoms with van der Waals surface area (Å²) < 4.78 is 0. The van der Waals surface area contributed by atoms with Gasteiger partial charge in [0.25, 0.3) is 0 Å². The maximum absolute atomic E-state index is 3.59. The lowest BCUT2D eigenvalue weighted by molar-refractivity contribution is 0.287. The molecule has 1 aliphatic heterocycles. The lowest BCUT2D eigenvalue weighted by atomic mass is 9.99. The Balaban J connectivity index is 1.79. The smallest absolute Gasteiger partial charge is 0.0418 e. The minimum atomic E-state index is 0.972. The van der Waals surface area contributed by atoms with E-state index < -0.39 is 0 Å². The Morgan fingerprint density at radius 1 is 1.25 bits per heavy atom. The minimum absolute atomic E-state index is 0.972. The topological polar surface area (TPSA) is 27.3 Å². The van der Waals surface area contributed by atoms with Crippen LogP contribution in [0, 0.1) is 0 Å². The monoisotopic (exact) mass is 275 g/mol. The summed E-state index contributed by atoms with van der Waals surface area (Å²) in [4.78, 5) is 2.51. The molecule has 0 atom stereocenters. The van der Waals surface area contributed by atoms with E-state index in [1.807, 2.05) is 0 Å². The number of nitrogens with zero attached hydrogens (tertiary/aromatic N) is 1.